The van der Waals surface area contributed by atoms with Gasteiger partial charge in [0.2, 0.25) is 0 Å². The van der Waals surface area contributed by atoms with E-state index in [0.29, 0.717) is 12.0 Å². The number of rotatable bonds is 2. The summed E-state index contributed by atoms with van der Waals surface area (Å²) in [7, 11) is 2.08. The third-order valence-corrected chi connectivity index (χ3v) is 4.03. The summed E-state index contributed by atoms with van der Waals surface area (Å²) in [6.45, 7) is 8.52. The average molecular weight is 212 g/mol. The van der Waals surface area contributed by atoms with Gasteiger partial charge in [0.15, 0.2) is 0 Å². The van der Waals surface area contributed by atoms with Crippen LogP contribution < -0.4 is 0 Å². The van der Waals surface area contributed by atoms with Gasteiger partial charge in [0.25, 0.3) is 0 Å². The molecule has 15 heavy (non-hydrogen) atoms. The van der Waals surface area contributed by atoms with Crippen LogP contribution in [0.5, 0.6) is 0 Å². The van der Waals surface area contributed by atoms with Crippen molar-refractivity contribution in [3.8, 4) is 0 Å². The van der Waals surface area contributed by atoms with Crippen molar-refractivity contribution in [2.24, 2.45) is 5.92 Å². The van der Waals surface area contributed by atoms with Crippen LogP contribution in [0.15, 0.2) is 0 Å². The second-order valence-electron chi connectivity index (χ2n) is 5.70. The number of likely N-dealkylation sites (tertiary alicyclic amines) is 2. The minimum absolute atomic E-state index is 0.387. The van der Waals surface area contributed by atoms with E-state index in [-0.39, 0.29) is 5.60 Å². The molecule has 0 amide bonds. The molecule has 0 aromatic rings. The monoisotopic (exact) mass is 212 g/mol. The van der Waals surface area contributed by atoms with E-state index in [1.165, 1.54) is 19.4 Å². The molecule has 3 heteroatoms. The van der Waals surface area contributed by atoms with E-state index < -0.39 is 0 Å². The Morgan fingerprint density at radius 1 is 1.33 bits per heavy atom. The maximum absolute atomic E-state index is 10.4. The topological polar surface area (TPSA) is 26.7 Å². The van der Waals surface area contributed by atoms with Crippen LogP contribution in [0, 0.1) is 5.92 Å². The van der Waals surface area contributed by atoms with Crippen molar-refractivity contribution in [2.45, 2.75) is 38.3 Å². The van der Waals surface area contributed by atoms with Crippen molar-refractivity contribution in [2.75, 3.05) is 33.2 Å². The third-order valence-electron chi connectivity index (χ3n) is 4.03. The molecule has 0 spiro atoms. The Balaban J connectivity index is 1.93. The molecular formula is C12H24N2O. The van der Waals surface area contributed by atoms with Gasteiger partial charge in [-0.15, -0.1) is 0 Å². The number of β-amino-alcohol motifs (C(OH)–C–C–N with tert-alkyl or cyclic N) is 1. The van der Waals surface area contributed by atoms with Gasteiger partial charge in [-0.25, -0.2) is 0 Å². The summed E-state index contributed by atoms with van der Waals surface area (Å²) >= 11 is 0. The van der Waals surface area contributed by atoms with Crippen molar-refractivity contribution in [1.29, 1.82) is 0 Å². The molecule has 3 nitrogen and oxygen atoms in total. The standard InChI is InChI=1S/C12H24N2O/c1-10(2)14-6-4-5-11(7-14)12(15)8-13(3)9-12/h10-11,15H,4-9H2,1-3H3/t11-/m0/s1. The lowest BCUT2D eigenvalue weighted by Crippen LogP contribution is -2.66. The summed E-state index contributed by atoms with van der Waals surface area (Å²) in [5, 5.41) is 10.4. The number of hydrogen-bond acceptors (Lipinski definition) is 3. The lowest BCUT2D eigenvalue weighted by atomic mass is 9.76. The molecular weight excluding hydrogens is 188 g/mol. The van der Waals surface area contributed by atoms with Crippen LogP contribution in [0.2, 0.25) is 0 Å². The van der Waals surface area contributed by atoms with E-state index in [9.17, 15) is 5.11 Å². The molecule has 0 aromatic carbocycles. The first-order valence-electron chi connectivity index (χ1n) is 6.16. The van der Waals surface area contributed by atoms with Gasteiger partial charge in [0, 0.05) is 31.6 Å². The molecule has 1 N–H and O–H groups in total. The van der Waals surface area contributed by atoms with Crippen LogP contribution in [0.3, 0.4) is 0 Å². The first kappa shape index (κ1) is 11.4. The lowest BCUT2D eigenvalue weighted by molar-refractivity contribution is -0.141. The second kappa shape index (κ2) is 4.04. The zero-order valence-electron chi connectivity index (χ0n) is 10.2. The number of piperidine rings is 1. The van der Waals surface area contributed by atoms with Crippen LogP contribution in [0.25, 0.3) is 0 Å². The normalized spacial score (nSPS) is 33.0. The molecule has 2 rings (SSSR count). The van der Waals surface area contributed by atoms with Crippen molar-refractivity contribution < 1.29 is 5.11 Å². The van der Waals surface area contributed by atoms with Gasteiger partial charge in [-0.3, -0.25) is 0 Å². The fourth-order valence-corrected chi connectivity index (χ4v) is 3.06. The fraction of sp³-hybridized carbons (Fsp3) is 1.00. The highest BCUT2D eigenvalue weighted by Crippen LogP contribution is 2.34. The molecule has 0 saturated carbocycles. The minimum Gasteiger partial charge on any atom is -0.387 e. The molecule has 2 heterocycles. The molecule has 2 aliphatic rings. The molecule has 2 fully saturated rings. The van der Waals surface area contributed by atoms with Crippen molar-refractivity contribution in [3.63, 3.8) is 0 Å². The van der Waals surface area contributed by atoms with Gasteiger partial charge in [-0.05, 0) is 40.3 Å². The number of nitrogens with zero attached hydrogens (tertiary/aromatic N) is 2. The molecule has 0 aromatic heterocycles. The summed E-state index contributed by atoms with van der Waals surface area (Å²) in [5.41, 5.74) is -0.387. The van der Waals surface area contributed by atoms with Gasteiger partial charge in [-0.1, -0.05) is 0 Å². The zero-order chi connectivity index (χ0) is 11.1. The summed E-state index contributed by atoms with van der Waals surface area (Å²) in [4.78, 5) is 4.71. The smallest absolute Gasteiger partial charge is 0.0940 e. The van der Waals surface area contributed by atoms with Gasteiger partial charge in [-0.2, -0.15) is 0 Å². The molecule has 88 valence electrons. The molecule has 2 aliphatic heterocycles. The SMILES string of the molecule is CC(C)N1CCC[C@H](C2(O)CN(C)C2)C1. The maximum Gasteiger partial charge on any atom is 0.0940 e. The minimum atomic E-state index is -0.387. The van der Waals surface area contributed by atoms with Gasteiger partial charge < -0.3 is 14.9 Å². The Morgan fingerprint density at radius 3 is 2.53 bits per heavy atom. The lowest BCUT2D eigenvalue weighted by Gasteiger charge is -2.52. The van der Waals surface area contributed by atoms with E-state index in [0.717, 1.165) is 19.6 Å². The van der Waals surface area contributed by atoms with Crippen LogP contribution in [-0.4, -0.2) is 59.8 Å². The molecule has 0 bridgehead atoms. The van der Waals surface area contributed by atoms with Crippen LogP contribution in [-0.2, 0) is 0 Å². The highest BCUT2D eigenvalue weighted by Gasteiger charge is 2.46. The number of aliphatic hydroxyl groups is 1. The second-order valence-corrected chi connectivity index (χ2v) is 5.70. The van der Waals surface area contributed by atoms with E-state index in [4.69, 9.17) is 0 Å². The first-order valence-corrected chi connectivity index (χ1v) is 6.16. The van der Waals surface area contributed by atoms with Crippen LogP contribution in [0.1, 0.15) is 26.7 Å². The van der Waals surface area contributed by atoms with E-state index in [1.54, 1.807) is 0 Å². The Morgan fingerprint density at radius 2 is 2.00 bits per heavy atom. The first-order chi connectivity index (χ1) is 7.01. The zero-order valence-corrected chi connectivity index (χ0v) is 10.2. The average Bonchev–Trinajstić information content (AvgIpc) is 2.16. The predicted octanol–water partition coefficient (Wildman–Crippen LogP) is 0.783. The van der Waals surface area contributed by atoms with Crippen molar-refractivity contribution in [1.82, 2.24) is 9.80 Å². The van der Waals surface area contributed by atoms with Gasteiger partial charge >= 0.3 is 0 Å². The highest BCUT2D eigenvalue weighted by molar-refractivity contribution is 5.01. The third kappa shape index (κ3) is 2.19. The summed E-state index contributed by atoms with van der Waals surface area (Å²) in [6, 6.07) is 0.620. The summed E-state index contributed by atoms with van der Waals surface area (Å²) < 4.78 is 0. The number of likely N-dealkylation sites (N-methyl/N-ethyl adjacent to an activating group) is 1. The molecule has 0 unspecified atom stereocenters. The summed E-state index contributed by atoms with van der Waals surface area (Å²) in [6.07, 6.45) is 2.45. The Labute approximate surface area is 93.1 Å². The van der Waals surface area contributed by atoms with Crippen molar-refractivity contribution >= 4 is 0 Å². The number of hydrogen-bond donors (Lipinski definition) is 1. The molecule has 1 atom stereocenters. The van der Waals surface area contributed by atoms with Crippen molar-refractivity contribution in [3.05, 3.63) is 0 Å². The molecule has 0 aliphatic carbocycles. The fourth-order valence-electron chi connectivity index (χ4n) is 3.06. The largest absolute Gasteiger partial charge is 0.387 e. The van der Waals surface area contributed by atoms with E-state index in [2.05, 4.69) is 30.7 Å². The highest BCUT2D eigenvalue weighted by atomic mass is 16.3. The molecule has 2 saturated heterocycles. The quantitative estimate of drug-likeness (QED) is 0.733. The maximum atomic E-state index is 10.4. The Kier molecular flexibility index (Phi) is 3.06. The van der Waals surface area contributed by atoms with E-state index in [1.807, 2.05) is 0 Å². The summed E-state index contributed by atoms with van der Waals surface area (Å²) in [5.74, 6) is 0.491. The van der Waals surface area contributed by atoms with Crippen LogP contribution in [0.4, 0.5) is 0 Å². The predicted molar refractivity (Wildman–Crippen MR) is 61.9 cm³/mol. The van der Waals surface area contributed by atoms with Crippen LogP contribution >= 0.6 is 0 Å². The van der Waals surface area contributed by atoms with Gasteiger partial charge in [0.05, 0.1) is 5.60 Å². The van der Waals surface area contributed by atoms with Gasteiger partial charge in [0.1, 0.15) is 0 Å². The molecule has 0 radical (unpaired) electrons. The Hall–Kier alpha value is -0.120. The van der Waals surface area contributed by atoms with E-state index >= 15 is 0 Å². The Bertz CT molecular complexity index is 224.